The van der Waals surface area contributed by atoms with Gasteiger partial charge in [-0.25, -0.2) is 0 Å². The number of pyridine rings is 1. The van der Waals surface area contributed by atoms with Crippen molar-refractivity contribution >= 4 is 50.7 Å². The van der Waals surface area contributed by atoms with Crippen molar-refractivity contribution in [1.29, 1.82) is 0 Å². The quantitative estimate of drug-likeness (QED) is 0.318. The molecule has 1 saturated heterocycles. The summed E-state index contributed by atoms with van der Waals surface area (Å²) in [6.07, 6.45) is -1.34. The van der Waals surface area contributed by atoms with Gasteiger partial charge in [-0.2, -0.15) is 0 Å². The summed E-state index contributed by atoms with van der Waals surface area (Å²) in [4.78, 5) is 44.3. The van der Waals surface area contributed by atoms with Crippen LogP contribution >= 0.6 is 0 Å². The van der Waals surface area contributed by atoms with E-state index < -0.39 is 24.0 Å². The third kappa shape index (κ3) is 3.81. The fourth-order valence-electron chi connectivity index (χ4n) is 3.99. The molecule has 0 spiro atoms. The van der Waals surface area contributed by atoms with Crippen LogP contribution in [0.4, 0.5) is 17.2 Å². The summed E-state index contributed by atoms with van der Waals surface area (Å²) in [5.74, 6) is -0.764. The van der Waals surface area contributed by atoms with E-state index in [4.69, 9.17) is 10.5 Å². The number of carbonyl (C=O) groups is 2. The van der Waals surface area contributed by atoms with Gasteiger partial charge in [0, 0.05) is 51.9 Å². The molecule has 4 aromatic rings. The van der Waals surface area contributed by atoms with Crippen molar-refractivity contribution in [3.8, 4) is 0 Å². The molecule has 10 nitrogen and oxygen atoms in total. The molecule has 6 N–H and O–H groups in total. The minimum Gasteiger partial charge on any atom is -0.385 e. The van der Waals surface area contributed by atoms with E-state index in [0.717, 1.165) is 16.2 Å². The van der Waals surface area contributed by atoms with Crippen molar-refractivity contribution in [2.75, 3.05) is 29.1 Å². The molecule has 0 aliphatic carbocycles. The number of ether oxygens (including phenoxy) is 1. The van der Waals surface area contributed by atoms with Crippen LogP contribution in [0.3, 0.4) is 0 Å². The number of fused-ring (bicyclic) bond motifs is 2. The van der Waals surface area contributed by atoms with Crippen molar-refractivity contribution in [1.82, 2.24) is 9.97 Å². The minimum atomic E-state index is -1.70. The van der Waals surface area contributed by atoms with E-state index in [0.29, 0.717) is 22.7 Å². The summed E-state index contributed by atoms with van der Waals surface area (Å²) in [6, 6.07) is 13.4. The molecule has 0 saturated carbocycles. The molecule has 1 fully saturated rings. The fraction of sp³-hybridized carbons (Fsp3) is 0.174. The third-order valence-corrected chi connectivity index (χ3v) is 5.69. The largest absolute Gasteiger partial charge is 0.385 e. The summed E-state index contributed by atoms with van der Waals surface area (Å²) in [6.45, 7) is 0.420. The van der Waals surface area contributed by atoms with Gasteiger partial charge in [0.05, 0.1) is 6.61 Å². The van der Waals surface area contributed by atoms with Crippen LogP contribution in [0, 0.1) is 0 Å². The Kier molecular flexibility index (Phi) is 5.08. The zero-order valence-electron chi connectivity index (χ0n) is 17.4. The smallest absolute Gasteiger partial charge is 0.259 e. The van der Waals surface area contributed by atoms with Gasteiger partial charge >= 0.3 is 0 Å². The number of nitrogens with one attached hydrogen (secondary N) is 3. The Balaban J connectivity index is 1.33. The Labute approximate surface area is 187 Å². The zero-order chi connectivity index (χ0) is 23.1. The van der Waals surface area contributed by atoms with Crippen molar-refractivity contribution < 1.29 is 19.4 Å². The molecular weight excluding hydrogens is 426 g/mol. The Morgan fingerprint density at radius 1 is 1.15 bits per heavy atom. The Morgan fingerprint density at radius 2 is 2.00 bits per heavy atom. The minimum absolute atomic E-state index is 0.152. The van der Waals surface area contributed by atoms with E-state index in [1.165, 1.54) is 11.0 Å². The van der Waals surface area contributed by atoms with Crippen molar-refractivity contribution in [3.63, 3.8) is 0 Å². The number of anilines is 3. The Bertz CT molecular complexity index is 1440. The molecule has 5 rings (SSSR count). The lowest BCUT2D eigenvalue weighted by molar-refractivity contribution is -0.150. The van der Waals surface area contributed by atoms with E-state index in [-0.39, 0.29) is 18.7 Å². The lowest BCUT2D eigenvalue weighted by Gasteiger charge is -2.34. The second-order valence-corrected chi connectivity index (χ2v) is 7.81. The molecule has 1 aliphatic rings. The molecule has 2 aromatic heterocycles. The Morgan fingerprint density at radius 3 is 2.85 bits per heavy atom. The fourth-order valence-corrected chi connectivity index (χ4v) is 3.99. The number of aliphatic hydroxyl groups is 1. The summed E-state index contributed by atoms with van der Waals surface area (Å²) < 4.78 is 5.47. The van der Waals surface area contributed by atoms with Crippen LogP contribution in [0.2, 0.25) is 0 Å². The molecule has 0 unspecified atom stereocenters. The average molecular weight is 447 g/mol. The first-order chi connectivity index (χ1) is 15.9. The molecule has 1 aliphatic heterocycles. The number of hydrogen-bond donors (Lipinski definition) is 5. The molecule has 0 bridgehead atoms. The number of aromatic amines is 2. The van der Waals surface area contributed by atoms with Crippen molar-refractivity contribution in [3.05, 3.63) is 65.1 Å². The normalized spacial score (nSPS) is 17.4. The molecule has 2 amide bonds. The zero-order valence-corrected chi connectivity index (χ0v) is 17.4. The number of carbonyl (C=O) groups excluding carboxylic acids is 2. The van der Waals surface area contributed by atoms with E-state index in [1.807, 2.05) is 0 Å². The first kappa shape index (κ1) is 20.7. The number of rotatable bonds is 4. The van der Waals surface area contributed by atoms with Gasteiger partial charge in [0.25, 0.3) is 11.8 Å². The number of aromatic nitrogens is 2. The van der Waals surface area contributed by atoms with Crippen LogP contribution in [0.1, 0.15) is 0 Å². The lowest BCUT2D eigenvalue weighted by Crippen LogP contribution is -2.55. The molecule has 2 aromatic carbocycles. The highest BCUT2D eigenvalue weighted by molar-refractivity contribution is 6.05. The van der Waals surface area contributed by atoms with Crippen LogP contribution in [0.5, 0.6) is 0 Å². The van der Waals surface area contributed by atoms with Crippen LogP contribution in [-0.4, -0.2) is 52.2 Å². The van der Waals surface area contributed by atoms with Crippen LogP contribution in [0.15, 0.2) is 59.5 Å². The first-order valence-electron chi connectivity index (χ1n) is 10.3. The number of nitrogens with two attached hydrogens (primary N) is 1. The predicted octanol–water partition coefficient (Wildman–Crippen LogP) is 1.32. The van der Waals surface area contributed by atoms with Gasteiger partial charge in [-0.05, 0) is 42.5 Å². The molecule has 168 valence electrons. The number of amides is 2. The number of hydrogen-bond acceptors (Lipinski definition) is 6. The number of nitrogen functional groups attached to an aromatic ring is 1. The van der Waals surface area contributed by atoms with Gasteiger partial charge in [0.2, 0.25) is 5.56 Å². The molecule has 33 heavy (non-hydrogen) atoms. The van der Waals surface area contributed by atoms with E-state index in [9.17, 15) is 19.5 Å². The van der Waals surface area contributed by atoms with E-state index in [1.54, 1.807) is 48.7 Å². The summed E-state index contributed by atoms with van der Waals surface area (Å²) in [5, 5.41) is 15.6. The second kappa shape index (κ2) is 8.08. The van der Waals surface area contributed by atoms with Crippen LogP contribution < -0.4 is 21.5 Å². The number of nitrogens with zero attached hydrogens (tertiary/aromatic N) is 1. The number of aliphatic hydroxyl groups excluding tert-OH is 1. The lowest BCUT2D eigenvalue weighted by atomic mass is 10.1. The highest BCUT2D eigenvalue weighted by atomic mass is 16.5. The highest BCUT2D eigenvalue weighted by Gasteiger charge is 2.39. The second-order valence-electron chi connectivity index (χ2n) is 7.81. The van der Waals surface area contributed by atoms with Gasteiger partial charge in [-0.15, -0.1) is 0 Å². The SMILES string of the molecule is Nc1[nH]cc2cc(NC(=O)[C@H](O)[C@H]3OCCN(c4ccc5[nH]c(=O)ccc5c4)C3=O)ccc12. The van der Waals surface area contributed by atoms with E-state index in [2.05, 4.69) is 15.3 Å². The number of morpholine rings is 1. The third-order valence-electron chi connectivity index (χ3n) is 5.69. The molecule has 3 heterocycles. The summed E-state index contributed by atoms with van der Waals surface area (Å²) >= 11 is 0. The van der Waals surface area contributed by atoms with Crippen LogP contribution in [-0.2, 0) is 14.3 Å². The highest BCUT2D eigenvalue weighted by Crippen LogP contribution is 2.26. The molecule has 2 atom stereocenters. The number of H-pyrrole nitrogens is 2. The van der Waals surface area contributed by atoms with Crippen molar-refractivity contribution in [2.45, 2.75) is 12.2 Å². The van der Waals surface area contributed by atoms with Gasteiger partial charge in [0.15, 0.2) is 12.2 Å². The average Bonchev–Trinajstić information content (AvgIpc) is 3.18. The molecular formula is C23H21N5O5. The van der Waals surface area contributed by atoms with Crippen LogP contribution in [0.25, 0.3) is 21.7 Å². The topological polar surface area (TPSA) is 154 Å². The van der Waals surface area contributed by atoms with Gasteiger partial charge in [0.1, 0.15) is 5.82 Å². The first-order valence-corrected chi connectivity index (χ1v) is 10.3. The van der Waals surface area contributed by atoms with Gasteiger partial charge < -0.3 is 35.8 Å². The predicted molar refractivity (Wildman–Crippen MR) is 124 cm³/mol. The molecule has 10 heteroatoms. The maximum absolute atomic E-state index is 13.1. The Hall–Kier alpha value is -4.15. The van der Waals surface area contributed by atoms with Crippen molar-refractivity contribution in [2.24, 2.45) is 0 Å². The maximum Gasteiger partial charge on any atom is 0.259 e. The maximum atomic E-state index is 13.1. The summed E-state index contributed by atoms with van der Waals surface area (Å²) in [5.41, 5.74) is 7.29. The standard InChI is InChI=1S/C23H21N5O5/c24-21-16-4-2-14(9-13(16)11-25-21)26-22(31)19(30)20-23(32)28(7-8-33-20)15-3-5-17-12(10-15)1-6-18(29)27-17/h1-6,9-11,19-20,25,30H,7-8,24H2,(H,26,31)(H,27,29)/t19-,20-/m1/s1. The van der Waals surface area contributed by atoms with E-state index >= 15 is 0 Å². The monoisotopic (exact) mass is 447 g/mol. The van der Waals surface area contributed by atoms with Gasteiger partial charge in [-0.3, -0.25) is 14.4 Å². The van der Waals surface area contributed by atoms with Gasteiger partial charge in [-0.1, -0.05) is 0 Å². The summed E-state index contributed by atoms with van der Waals surface area (Å²) in [7, 11) is 0. The number of benzene rings is 2. The molecule has 0 radical (unpaired) electrons.